The van der Waals surface area contributed by atoms with Crippen LogP contribution in [-0.4, -0.2) is 87.8 Å². The van der Waals surface area contributed by atoms with Gasteiger partial charge in [0, 0.05) is 0 Å². The molecule has 8 heteroatoms. The number of rotatable bonds is 5. The summed E-state index contributed by atoms with van der Waals surface area (Å²) in [6.45, 7) is 12.7. The predicted molar refractivity (Wildman–Crippen MR) is 92.2 cm³/mol. The highest BCUT2D eigenvalue weighted by Gasteiger charge is 2.40. The Morgan fingerprint density at radius 3 is 1.54 bits per heavy atom. The monoisotopic (exact) mass is 339 g/mol. The Bertz CT molecular complexity index is 512. The summed E-state index contributed by atoms with van der Waals surface area (Å²) in [7, 11) is 1.62. The van der Waals surface area contributed by atoms with E-state index in [0.29, 0.717) is 6.01 Å². The molecule has 0 aromatic carbocycles. The Labute approximate surface area is 143 Å². The van der Waals surface area contributed by atoms with Gasteiger partial charge in [0.2, 0.25) is 0 Å². The summed E-state index contributed by atoms with van der Waals surface area (Å²) >= 11 is 0. The van der Waals surface area contributed by atoms with E-state index in [1.165, 1.54) is 0 Å². The fourth-order valence-corrected chi connectivity index (χ4v) is 3.55. The van der Waals surface area contributed by atoms with Crippen LogP contribution in [0.3, 0.4) is 0 Å². The molecule has 0 amide bonds. The molecule has 0 bridgehead atoms. The highest BCUT2D eigenvalue weighted by atomic mass is 16.5. The van der Waals surface area contributed by atoms with E-state index in [2.05, 4.69) is 23.8 Å². The number of hydrogen-bond acceptors (Lipinski definition) is 6. The number of ether oxygens (including phenoxy) is 3. The van der Waals surface area contributed by atoms with E-state index < -0.39 is 0 Å². The van der Waals surface area contributed by atoms with E-state index in [1.807, 2.05) is 0 Å². The van der Waals surface area contributed by atoms with Crippen molar-refractivity contribution in [3.05, 3.63) is 0 Å². The first-order valence-electron chi connectivity index (χ1n) is 8.87. The van der Waals surface area contributed by atoms with Crippen LogP contribution in [0.2, 0.25) is 0 Å². The van der Waals surface area contributed by atoms with E-state index >= 15 is 0 Å². The summed E-state index contributed by atoms with van der Waals surface area (Å²) in [5, 5.41) is 0. The Hall–Kier alpha value is -1.35. The smallest absolute Gasteiger partial charge is 0.340 e. The molecule has 0 atom stereocenters. The van der Waals surface area contributed by atoms with Gasteiger partial charge in [-0.05, 0) is 13.8 Å². The molecule has 0 saturated carbocycles. The van der Waals surface area contributed by atoms with Gasteiger partial charge in [0.25, 0.3) is 0 Å². The lowest BCUT2D eigenvalue weighted by atomic mass is 10.3. The first-order chi connectivity index (χ1) is 11.7. The molecule has 0 radical (unpaired) electrons. The van der Waals surface area contributed by atoms with Crippen molar-refractivity contribution < 1.29 is 14.2 Å². The number of likely N-dealkylation sites (N-methyl/N-ethyl adjacent to an activating group) is 2. The van der Waals surface area contributed by atoms with Crippen LogP contribution in [0.4, 0.5) is 11.9 Å². The zero-order valence-corrected chi connectivity index (χ0v) is 15.0. The molecule has 0 aliphatic carbocycles. The van der Waals surface area contributed by atoms with Crippen molar-refractivity contribution in [2.24, 2.45) is 0 Å². The van der Waals surface area contributed by atoms with Crippen LogP contribution in [0.15, 0.2) is 0 Å². The van der Waals surface area contributed by atoms with Gasteiger partial charge in [0.15, 0.2) is 0 Å². The maximum atomic E-state index is 5.55. The van der Waals surface area contributed by atoms with Crippen molar-refractivity contribution in [1.82, 2.24) is 23.9 Å². The lowest BCUT2D eigenvalue weighted by molar-refractivity contribution is 0.0346. The SMILES string of the molecule is CC[N+]1(c2nc(OC)nc([N+]3(CC)CCOCC3)n2)CCOCC1. The van der Waals surface area contributed by atoms with E-state index in [-0.39, 0.29) is 0 Å². The van der Waals surface area contributed by atoms with E-state index in [1.54, 1.807) is 7.11 Å². The van der Waals surface area contributed by atoms with Gasteiger partial charge >= 0.3 is 17.9 Å². The van der Waals surface area contributed by atoms with E-state index in [4.69, 9.17) is 19.2 Å². The standard InChI is InChI=1S/C16H29N5O3/c1-4-20(6-10-23-11-7-20)14-17-15(19-16(18-14)22-3)21(5-2)8-12-24-13-9-21/h4-13H2,1-3H3/q+2. The van der Waals surface area contributed by atoms with E-state index in [0.717, 1.165) is 86.6 Å². The molecule has 0 unspecified atom stereocenters. The zero-order chi connectivity index (χ0) is 17.0. The van der Waals surface area contributed by atoms with Gasteiger partial charge < -0.3 is 14.2 Å². The van der Waals surface area contributed by atoms with Crippen molar-refractivity contribution in [3.8, 4) is 6.01 Å². The topological polar surface area (TPSA) is 66.4 Å². The van der Waals surface area contributed by atoms with Gasteiger partial charge in [-0.25, -0.2) is 0 Å². The Balaban J connectivity index is 2.04. The quantitative estimate of drug-likeness (QED) is 0.732. The van der Waals surface area contributed by atoms with Crippen LogP contribution in [0.1, 0.15) is 13.8 Å². The first-order valence-corrected chi connectivity index (χ1v) is 8.87. The van der Waals surface area contributed by atoms with Gasteiger partial charge in [-0.2, -0.15) is 0 Å². The van der Waals surface area contributed by atoms with Crippen LogP contribution in [0.5, 0.6) is 6.01 Å². The number of quaternary nitrogens is 2. The molecule has 0 spiro atoms. The molecule has 1 aromatic rings. The molecule has 2 aliphatic heterocycles. The Morgan fingerprint density at radius 2 is 1.21 bits per heavy atom. The summed E-state index contributed by atoms with van der Waals surface area (Å²) < 4.78 is 18.0. The van der Waals surface area contributed by atoms with Crippen LogP contribution in [-0.2, 0) is 9.47 Å². The summed E-state index contributed by atoms with van der Waals surface area (Å²) in [6, 6.07) is 0.407. The second kappa shape index (κ2) is 7.26. The molecule has 134 valence electrons. The maximum absolute atomic E-state index is 5.55. The molecule has 2 aliphatic rings. The minimum atomic E-state index is 0.407. The van der Waals surface area contributed by atoms with Crippen LogP contribution in [0, 0.1) is 0 Å². The third-order valence-electron chi connectivity index (χ3n) is 5.49. The largest absolute Gasteiger partial charge is 0.466 e. The van der Waals surface area contributed by atoms with Gasteiger partial charge in [-0.3, -0.25) is 8.97 Å². The number of nitrogens with zero attached hydrogens (tertiary/aromatic N) is 5. The molecular formula is C16H29N5O3+2. The van der Waals surface area contributed by atoms with E-state index in [9.17, 15) is 0 Å². The summed E-state index contributed by atoms with van der Waals surface area (Å²) in [6.07, 6.45) is 0. The van der Waals surface area contributed by atoms with Gasteiger partial charge in [-0.15, -0.1) is 15.0 Å². The molecule has 8 nitrogen and oxygen atoms in total. The normalized spacial score (nSPS) is 23.0. The summed E-state index contributed by atoms with van der Waals surface area (Å²) in [5.41, 5.74) is 0. The molecular weight excluding hydrogens is 310 g/mol. The Kier molecular flexibility index (Phi) is 5.29. The third kappa shape index (κ3) is 3.11. The molecule has 1 aromatic heterocycles. The number of aromatic nitrogens is 3. The summed E-state index contributed by atoms with van der Waals surface area (Å²) in [5.74, 6) is 1.61. The first kappa shape index (κ1) is 17.5. The molecule has 2 saturated heterocycles. The minimum Gasteiger partial charge on any atom is -0.466 e. The highest BCUT2D eigenvalue weighted by molar-refractivity contribution is 5.37. The average molecular weight is 339 g/mol. The molecule has 2 fully saturated rings. The van der Waals surface area contributed by atoms with Gasteiger partial charge in [0.05, 0.1) is 46.6 Å². The predicted octanol–water partition coefficient (Wildman–Crippen LogP) is 0.595. The second-order valence-electron chi connectivity index (χ2n) is 6.46. The van der Waals surface area contributed by atoms with Crippen molar-refractivity contribution in [1.29, 1.82) is 0 Å². The van der Waals surface area contributed by atoms with Crippen molar-refractivity contribution in [2.45, 2.75) is 13.8 Å². The molecule has 24 heavy (non-hydrogen) atoms. The zero-order valence-electron chi connectivity index (χ0n) is 15.0. The van der Waals surface area contributed by atoms with Crippen molar-refractivity contribution >= 4 is 11.9 Å². The number of morpholine rings is 2. The maximum Gasteiger partial charge on any atom is 0.340 e. The average Bonchev–Trinajstić information content (AvgIpc) is 2.68. The van der Waals surface area contributed by atoms with Crippen LogP contribution in [0.25, 0.3) is 0 Å². The Morgan fingerprint density at radius 1 is 0.792 bits per heavy atom. The lowest BCUT2D eigenvalue weighted by Crippen LogP contribution is -2.59. The minimum absolute atomic E-state index is 0.407. The van der Waals surface area contributed by atoms with Crippen LogP contribution >= 0.6 is 0 Å². The fraction of sp³-hybridized carbons (Fsp3) is 0.812. The highest BCUT2D eigenvalue weighted by Crippen LogP contribution is 2.28. The van der Waals surface area contributed by atoms with Crippen molar-refractivity contribution in [2.75, 3.05) is 72.8 Å². The summed E-state index contributed by atoms with van der Waals surface area (Å²) in [4.78, 5) is 14.2. The number of hydrogen-bond donors (Lipinski definition) is 0. The van der Waals surface area contributed by atoms with Crippen LogP contribution < -0.4 is 13.7 Å². The third-order valence-corrected chi connectivity index (χ3v) is 5.49. The molecule has 0 N–H and O–H groups in total. The van der Waals surface area contributed by atoms with Gasteiger partial charge in [-0.1, -0.05) is 0 Å². The van der Waals surface area contributed by atoms with Crippen molar-refractivity contribution in [3.63, 3.8) is 0 Å². The molecule has 3 rings (SSSR count). The van der Waals surface area contributed by atoms with Gasteiger partial charge in [0.1, 0.15) is 26.2 Å². The second-order valence-corrected chi connectivity index (χ2v) is 6.46. The lowest BCUT2D eigenvalue weighted by Gasteiger charge is -2.40. The fourth-order valence-electron chi connectivity index (χ4n) is 3.55. The number of methoxy groups -OCH3 is 1. The molecule has 3 heterocycles.